The molecular formula is C14H2F28O6. The number of hydrogen-bond donors (Lipinski definition) is 1. The molecule has 0 aromatic heterocycles. The topological polar surface area (TPSA) is 66.4 Å². The molecule has 0 fully saturated rings. The number of halogens is 28. The maximum absolute atomic E-state index is 13.3. The van der Waals surface area contributed by atoms with E-state index in [0.717, 1.165) is 14.2 Å². The Morgan fingerprint density at radius 1 is 0.292 bits per heavy atom. The van der Waals surface area contributed by atoms with E-state index in [4.69, 9.17) is 5.11 Å². The standard InChI is InChI=1S/C14H2F28O6/c15-1(43)2(16,17)44-7(27,28)8(29,30)46-11(35,36)12(37,38)48-14(41,42)13(39,40)47-10(33,34)9(31,32)45-6(25,26)4(20,21)3(18,19)5(22,23)24/h1,43H. The molecule has 0 aromatic carbocycles. The monoisotopic (exact) mass is 798 g/mol. The van der Waals surface area contributed by atoms with Gasteiger partial charge in [-0.1, -0.05) is 0 Å². The summed E-state index contributed by atoms with van der Waals surface area (Å²) < 4.78 is 367. The highest BCUT2D eigenvalue weighted by atomic mass is 19.4. The molecule has 0 heterocycles. The molecule has 0 radical (unpaired) electrons. The SMILES string of the molecule is OC(F)C(F)(F)OC(F)(F)C(F)(F)OC(F)(F)C(F)(F)OC(F)(F)C(F)(F)OC(F)(F)C(F)(F)OC(F)(F)C(F)(F)C(F)(F)C(F)(F)F. The quantitative estimate of drug-likeness (QED) is 0.150. The lowest BCUT2D eigenvalue weighted by Crippen LogP contribution is -2.65. The van der Waals surface area contributed by atoms with Crippen molar-refractivity contribution in [1.29, 1.82) is 0 Å². The van der Waals surface area contributed by atoms with Gasteiger partial charge in [0, 0.05) is 0 Å². The summed E-state index contributed by atoms with van der Waals surface area (Å²) in [6.07, 6.45) is -93.1. The summed E-state index contributed by atoms with van der Waals surface area (Å²) in [5.74, 6) is -16.7. The molecular weight excluding hydrogens is 796 g/mol. The highest BCUT2D eigenvalue weighted by Gasteiger charge is 2.86. The van der Waals surface area contributed by atoms with Crippen LogP contribution in [0.2, 0.25) is 0 Å². The average molecular weight is 798 g/mol. The Hall–Kier alpha value is -2.20. The van der Waals surface area contributed by atoms with E-state index in [1.807, 2.05) is 0 Å². The fourth-order valence-corrected chi connectivity index (χ4v) is 1.76. The van der Waals surface area contributed by atoms with Crippen LogP contribution < -0.4 is 0 Å². The van der Waals surface area contributed by atoms with E-state index in [1.54, 1.807) is 0 Å². The van der Waals surface area contributed by atoms with E-state index in [0.29, 0.717) is 0 Å². The first kappa shape index (κ1) is 45.8. The number of hydrogen-bond acceptors (Lipinski definition) is 6. The molecule has 0 aliphatic rings. The number of rotatable bonds is 17. The van der Waals surface area contributed by atoms with E-state index >= 15 is 0 Å². The van der Waals surface area contributed by atoms with E-state index < -0.39 is 85.5 Å². The highest BCUT2D eigenvalue weighted by Crippen LogP contribution is 2.57. The largest absolute Gasteiger partial charge is 0.460 e. The van der Waals surface area contributed by atoms with Gasteiger partial charge in [-0.2, -0.15) is 119 Å². The van der Waals surface area contributed by atoms with E-state index in [1.165, 1.54) is 9.47 Å². The van der Waals surface area contributed by atoms with Gasteiger partial charge in [-0.3, -0.25) is 0 Å². The first-order chi connectivity index (χ1) is 20.2. The second-order valence-electron chi connectivity index (χ2n) is 7.71. The zero-order valence-corrected chi connectivity index (χ0v) is 20.1. The van der Waals surface area contributed by atoms with Gasteiger partial charge in [-0.05, 0) is 0 Å². The lowest BCUT2D eigenvalue weighted by molar-refractivity contribution is -0.591. The number of aliphatic hydroxyl groups is 1. The molecule has 48 heavy (non-hydrogen) atoms. The van der Waals surface area contributed by atoms with Gasteiger partial charge < -0.3 is 5.11 Å². The zero-order chi connectivity index (χ0) is 39.6. The summed E-state index contributed by atoms with van der Waals surface area (Å²) >= 11 is 0. The van der Waals surface area contributed by atoms with Gasteiger partial charge in [0.25, 0.3) is 6.36 Å². The van der Waals surface area contributed by atoms with Crippen LogP contribution >= 0.6 is 0 Å². The fraction of sp³-hybridized carbons (Fsp3) is 1.00. The maximum Gasteiger partial charge on any atom is 0.460 e. The third-order valence-corrected chi connectivity index (χ3v) is 4.04. The second kappa shape index (κ2) is 12.2. The van der Waals surface area contributed by atoms with Crippen LogP contribution in [0, 0.1) is 0 Å². The first-order valence-corrected chi connectivity index (χ1v) is 9.66. The Kier molecular flexibility index (Phi) is 11.7. The molecule has 0 amide bonds. The lowest BCUT2D eigenvalue weighted by Gasteiger charge is -2.37. The fourth-order valence-electron chi connectivity index (χ4n) is 1.76. The van der Waals surface area contributed by atoms with Crippen molar-refractivity contribution in [2.75, 3.05) is 0 Å². The maximum atomic E-state index is 13.3. The zero-order valence-electron chi connectivity index (χ0n) is 20.1. The van der Waals surface area contributed by atoms with Crippen LogP contribution in [0.5, 0.6) is 0 Å². The minimum atomic E-state index is -8.47. The molecule has 1 atom stereocenters. The smallest absolute Gasteiger partial charge is 0.357 e. The highest BCUT2D eigenvalue weighted by molar-refractivity contribution is 4.97. The van der Waals surface area contributed by atoms with Crippen LogP contribution in [0.4, 0.5) is 123 Å². The van der Waals surface area contributed by atoms with Crippen LogP contribution in [-0.2, 0) is 23.7 Å². The van der Waals surface area contributed by atoms with Gasteiger partial charge >= 0.3 is 79.1 Å². The minimum Gasteiger partial charge on any atom is -0.357 e. The van der Waals surface area contributed by atoms with E-state index in [9.17, 15) is 123 Å². The molecule has 0 aliphatic heterocycles. The molecule has 0 saturated carbocycles. The first-order valence-electron chi connectivity index (χ1n) is 9.66. The molecule has 1 N–H and O–H groups in total. The van der Waals surface area contributed by atoms with Gasteiger partial charge in [0.15, 0.2) is 0 Å². The minimum absolute atomic E-state index is 0.949. The molecule has 0 bridgehead atoms. The summed E-state index contributed by atoms with van der Waals surface area (Å²) in [6.45, 7) is 0. The molecule has 0 aromatic rings. The second-order valence-corrected chi connectivity index (χ2v) is 7.71. The van der Waals surface area contributed by atoms with E-state index in [-0.39, 0.29) is 0 Å². The molecule has 290 valence electrons. The van der Waals surface area contributed by atoms with Gasteiger partial charge in [-0.15, -0.1) is 0 Å². The third-order valence-electron chi connectivity index (χ3n) is 4.04. The predicted molar refractivity (Wildman–Crippen MR) is 78.0 cm³/mol. The molecule has 0 spiro atoms. The Morgan fingerprint density at radius 3 is 0.667 bits per heavy atom. The van der Waals surface area contributed by atoms with Crippen molar-refractivity contribution in [3.63, 3.8) is 0 Å². The van der Waals surface area contributed by atoms with Crippen molar-refractivity contribution in [3.8, 4) is 0 Å². The molecule has 1 unspecified atom stereocenters. The lowest BCUT2D eigenvalue weighted by atomic mass is 10.1. The molecule has 0 aliphatic carbocycles. The summed E-state index contributed by atoms with van der Waals surface area (Å²) in [4.78, 5) is 0. The normalized spacial score (nSPS) is 17.2. The van der Waals surface area contributed by atoms with Crippen molar-refractivity contribution >= 4 is 0 Å². The number of alkyl halides is 28. The number of aliphatic hydroxyl groups excluding tert-OH is 1. The Balaban J connectivity index is 6.37. The summed E-state index contributed by atoms with van der Waals surface area (Å²) in [6, 6.07) is 0. The van der Waals surface area contributed by atoms with Crippen molar-refractivity contribution in [1.82, 2.24) is 0 Å². The third kappa shape index (κ3) is 8.56. The predicted octanol–water partition coefficient (Wildman–Crippen LogP) is 8.12. The van der Waals surface area contributed by atoms with Gasteiger partial charge in [0.05, 0.1) is 0 Å². The Bertz CT molecular complexity index is 1110. The Morgan fingerprint density at radius 2 is 0.479 bits per heavy atom. The van der Waals surface area contributed by atoms with Crippen LogP contribution in [-0.4, -0.2) is 90.6 Å². The summed E-state index contributed by atoms with van der Waals surface area (Å²) in [5, 5.41) is 7.69. The van der Waals surface area contributed by atoms with Crippen molar-refractivity contribution in [2.24, 2.45) is 0 Å². The number of ether oxygens (including phenoxy) is 5. The van der Waals surface area contributed by atoms with Crippen LogP contribution in [0.15, 0.2) is 0 Å². The van der Waals surface area contributed by atoms with Crippen molar-refractivity contribution in [3.05, 3.63) is 0 Å². The van der Waals surface area contributed by atoms with Crippen LogP contribution in [0.25, 0.3) is 0 Å². The molecule has 0 rings (SSSR count). The summed E-state index contributed by atoms with van der Waals surface area (Å²) in [5.41, 5.74) is 0. The summed E-state index contributed by atoms with van der Waals surface area (Å²) in [7, 11) is 0. The van der Waals surface area contributed by atoms with E-state index in [2.05, 4.69) is 0 Å². The molecule has 6 nitrogen and oxygen atoms in total. The van der Waals surface area contributed by atoms with Crippen molar-refractivity contribution in [2.45, 2.75) is 85.5 Å². The molecule has 0 saturated heterocycles. The van der Waals surface area contributed by atoms with Gasteiger partial charge in [0.1, 0.15) is 0 Å². The van der Waals surface area contributed by atoms with Crippen LogP contribution in [0.3, 0.4) is 0 Å². The Labute approximate surface area is 238 Å². The van der Waals surface area contributed by atoms with Crippen LogP contribution in [0.1, 0.15) is 0 Å². The van der Waals surface area contributed by atoms with Crippen molar-refractivity contribution < 1.29 is 152 Å². The average Bonchev–Trinajstić information content (AvgIpc) is 2.73. The molecule has 34 heteroatoms. The van der Waals surface area contributed by atoms with Gasteiger partial charge in [-0.25, -0.2) is 28.1 Å². The van der Waals surface area contributed by atoms with Gasteiger partial charge in [0.2, 0.25) is 0 Å².